The third-order valence-electron chi connectivity index (χ3n) is 5.66. The SMILES string of the molecule is O=C1COc2cc(S(=O)(=O)N3CCC[C@@H](c4cc5ccccc5[nH]4)C3)c(Br)cc2N1. The van der Waals surface area contributed by atoms with Crippen LogP contribution in [0.3, 0.4) is 0 Å². The van der Waals surface area contributed by atoms with E-state index in [0.717, 1.165) is 29.4 Å². The molecule has 0 bridgehead atoms. The number of aromatic amines is 1. The maximum absolute atomic E-state index is 13.5. The van der Waals surface area contributed by atoms with Crippen molar-refractivity contribution in [3.8, 4) is 5.75 Å². The Balaban J connectivity index is 1.45. The van der Waals surface area contributed by atoms with Crippen LogP contribution in [-0.2, 0) is 14.8 Å². The number of piperidine rings is 1. The largest absolute Gasteiger partial charge is 0.482 e. The van der Waals surface area contributed by atoms with Gasteiger partial charge in [-0.25, -0.2) is 8.42 Å². The van der Waals surface area contributed by atoms with Gasteiger partial charge in [0.05, 0.1) is 5.69 Å². The molecule has 2 aliphatic heterocycles. The van der Waals surface area contributed by atoms with Gasteiger partial charge in [0.25, 0.3) is 5.91 Å². The summed E-state index contributed by atoms with van der Waals surface area (Å²) in [6.07, 6.45) is 1.72. The Morgan fingerprint density at radius 1 is 1.17 bits per heavy atom. The first kappa shape index (κ1) is 19.6. The number of ether oxygens (including phenoxy) is 1. The first-order valence-electron chi connectivity index (χ1n) is 9.76. The van der Waals surface area contributed by atoms with Crippen LogP contribution in [0, 0.1) is 0 Å². The second kappa shape index (κ2) is 7.40. The number of para-hydroxylation sites is 1. The van der Waals surface area contributed by atoms with Crippen LogP contribution in [0.1, 0.15) is 24.5 Å². The van der Waals surface area contributed by atoms with Crippen molar-refractivity contribution in [3.05, 3.63) is 52.6 Å². The van der Waals surface area contributed by atoms with Gasteiger partial charge in [0, 0.05) is 40.8 Å². The number of aromatic nitrogens is 1. The minimum Gasteiger partial charge on any atom is -0.482 e. The van der Waals surface area contributed by atoms with E-state index in [1.807, 2.05) is 18.2 Å². The smallest absolute Gasteiger partial charge is 0.262 e. The molecule has 0 aliphatic carbocycles. The molecule has 156 valence electrons. The van der Waals surface area contributed by atoms with Crippen LogP contribution in [0.2, 0.25) is 0 Å². The van der Waals surface area contributed by atoms with Crippen LogP contribution in [0.5, 0.6) is 5.75 Å². The summed E-state index contributed by atoms with van der Waals surface area (Å²) in [6.45, 7) is 0.761. The predicted molar refractivity (Wildman–Crippen MR) is 117 cm³/mol. The zero-order chi connectivity index (χ0) is 20.9. The minimum atomic E-state index is -3.73. The average molecular weight is 490 g/mol. The maximum atomic E-state index is 13.5. The summed E-state index contributed by atoms with van der Waals surface area (Å²) in [5.74, 6) is 0.204. The van der Waals surface area contributed by atoms with Crippen LogP contribution >= 0.6 is 15.9 Å². The lowest BCUT2D eigenvalue weighted by atomic mass is 9.96. The number of sulfonamides is 1. The molecular formula is C21H20BrN3O4S. The number of halogens is 1. The van der Waals surface area contributed by atoms with E-state index >= 15 is 0 Å². The molecule has 1 aromatic heterocycles. The van der Waals surface area contributed by atoms with Gasteiger partial charge in [0.15, 0.2) is 6.61 Å². The summed E-state index contributed by atoms with van der Waals surface area (Å²) < 4.78 is 34.3. The summed E-state index contributed by atoms with van der Waals surface area (Å²) in [6, 6.07) is 13.2. The number of amides is 1. The number of hydrogen-bond donors (Lipinski definition) is 2. The van der Waals surface area contributed by atoms with E-state index in [-0.39, 0.29) is 23.3 Å². The van der Waals surface area contributed by atoms with Crippen LogP contribution in [-0.4, -0.2) is 43.3 Å². The molecule has 30 heavy (non-hydrogen) atoms. The molecule has 9 heteroatoms. The fourth-order valence-electron chi connectivity index (χ4n) is 4.15. The lowest BCUT2D eigenvalue weighted by Gasteiger charge is -2.32. The van der Waals surface area contributed by atoms with E-state index in [9.17, 15) is 13.2 Å². The summed E-state index contributed by atoms with van der Waals surface area (Å²) >= 11 is 3.36. The number of rotatable bonds is 3. The lowest BCUT2D eigenvalue weighted by Crippen LogP contribution is -2.39. The van der Waals surface area contributed by atoms with Gasteiger partial charge < -0.3 is 15.0 Å². The van der Waals surface area contributed by atoms with Crippen molar-refractivity contribution in [1.82, 2.24) is 9.29 Å². The third-order valence-corrected chi connectivity index (χ3v) is 8.48. The number of carbonyl (C=O) groups is 1. The number of H-pyrrole nitrogens is 1. The van der Waals surface area contributed by atoms with Crippen molar-refractivity contribution >= 4 is 48.5 Å². The monoisotopic (exact) mass is 489 g/mol. The maximum Gasteiger partial charge on any atom is 0.262 e. The predicted octanol–water partition coefficient (Wildman–Crippen LogP) is 3.83. The highest BCUT2D eigenvalue weighted by atomic mass is 79.9. The van der Waals surface area contributed by atoms with Gasteiger partial charge in [-0.3, -0.25) is 4.79 Å². The van der Waals surface area contributed by atoms with Gasteiger partial charge in [0.2, 0.25) is 10.0 Å². The quantitative estimate of drug-likeness (QED) is 0.584. The zero-order valence-corrected chi connectivity index (χ0v) is 18.4. The Kier molecular flexibility index (Phi) is 4.83. The van der Waals surface area contributed by atoms with E-state index in [1.54, 1.807) is 10.4 Å². The Morgan fingerprint density at radius 3 is 2.83 bits per heavy atom. The Hall–Kier alpha value is -2.36. The number of nitrogens with one attached hydrogen (secondary N) is 2. The number of anilines is 1. The van der Waals surface area contributed by atoms with E-state index < -0.39 is 10.0 Å². The van der Waals surface area contributed by atoms with Gasteiger partial charge in [0.1, 0.15) is 10.6 Å². The highest BCUT2D eigenvalue weighted by Gasteiger charge is 2.34. The Labute approximate surface area is 182 Å². The van der Waals surface area contributed by atoms with E-state index in [0.29, 0.717) is 29.0 Å². The van der Waals surface area contributed by atoms with Crippen molar-refractivity contribution in [3.63, 3.8) is 0 Å². The molecule has 3 heterocycles. The number of fused-ring (bicyclic) bond motifs is 2. The van der Waals surface area contributed by atoms with Crippen molar-refractivity contribution in [2.24, 2.45) is 0 Å². The summed E-state index contributed by atoms with van der Waals surface area (Å²) in [5, 5.41) is 3.82. The fraction of sp³-hybridized carbons (Fsp3) is 0.286. The van der Waals surface area contributed by atoms with Gasteiger partial charge in [-0.15, -0.1) is 0 Å². The molecule has 1 amide bonds. The summed E-state index contributed by atoms with van der Waals surface area (Å²) in [5.41, 5.74) is 2.59. The zero-order valence-electron chi connectivity index (χ0n) is 16.0. The van der Waals surface area contributed by atoms with Gasteiger partial charge in [-0.1, -0.05) is 18.2 Å². The second-order valence-corrected chi connectivity index (χ2v) is 10.4. The first-order chi connectivity index (χ1) is 14.4. The first-order valence-corrected chi connectivity index (χ1v) is 12.0. The molecular weight excluding hydrogens is 470 g/mol. The van der Waals surface area contributed by atoms with Crippen molar-refractivity contribution in [2.45, 2.75) is 23.7 Å². The topological polar surface area (TPSA) is 91.5 Å². The molecule has 1 atom stereocenters. The normalized spacial score (nSPS) is 19.9. The number of benzene rings is 2. The molecule has 2 N–H and O–H groups in total. The molecule has 0 unspecified atom stereocenters. The van der Waals surface area contributed by atoms with Gasteiger partial charge in [-0.2, -0.15) is 4.31 Å². The van der Waals surface area contributed by atoms with Gasteiger partial charge in [-0.05, 0) is 52.4 Å². The molecule has 0 spiro atoms. The third kappa shape index (κ3) is 3.40. The Bertz CT molecular complexity index is 1220. The standard InChI is InChI=1S/C21H20BrN3O4S/c22-15-9-18-19(29-12-21(26)24-18)10-20(15)30(27,28)25-7-3-5-14(11-25)17-8-13-4-1-2-6-16(13)23-17/h1-2,4,6,8-10,14,23H,3,5,7,11-12H2,(H,24,26)/t14-/m1/s1. The number of hydrogen-bond acceptors (Lipinski definition) is 4. The molecule has 1 saturated heterocycles. The molecule has 1 fully saturated rings. The summed E-state index contributed by atoms with van der Waals surface area (Å²) in [7, 11) is -3.73. The van der Waals surface area contributed by atoms with E-state index in [4.69, 9.17) is 4.74 Å². The highest BCUT2D eigenvalue weighted by Crippen LogP contribution is 2.38. The Morgan fingerprint density at radius 2 is 2.00 bits per heavy atom. The van der Waals surface area contributed by atoms with Crippen molar-refractivity contribution in [2.75, 3.05) is 25.0 Å². The van der Waals surface area contributed by atoms with Crippen LogP contribution in [0.15, 0.2) is 51.8 Å². The molecule has 7 nitrogen and oxygen atoms in total. The molecule has 5 rings (SSSR count). The number of carbonyl (C=O) groups excluding carboxylic acids is 1. The van der Waals surface area contributed by atoms with E-state index in [1.165, 1.54) is 6.07 Å². The van der Waals surface area contributed by atoms with Crippen LogP contribution < -0.4 is 10.1 Å². The molecule has 0 saturated carbocycles. The lowest BCUT2D eigenvalue weighted by molar-refractivity contribution is -0.118. The van der Waals surface area contributed by atoms with Crippen LogP contribution in [0.25, 0.3) is 10.9 Å². The molecule has 2 aliphatic rings. The summed E-state index contributed by atoms with van der Waals surface area (Å²) in [4.78, 5) is 15.1. The molecule has 2 aromatic carbocycles. The van der Waals surface area contributed by atoms with Gasteiger partial charge >= 0.3 is 0 Å². The fourth-order valence-corrected chi connectivity index (χ4v) is 6.69. The van der Waals surface area contributed by atoms with Crippen molar-refractivity contribution < 1.29 is 17.9 Å². The number of nitrogens with zero attached hydrogens (tertiary/aromatic N) is 1. The average Bonchev–Trinajstić information content (AvgIpc) is 3.17. The van der Waals surface area contributed by atoms with Crippen molar-refractivity contribution in [1.29, 1.82) is 0 Å². The highest BCUT2D eigenvalue weighted by molar-refractivity contribution is 9.10. The second-order valence-electron chi connectivity index (χ2n) is 7.63. The minimum absolute atomic E-state index is 0.105. The molecule has 3 aromatic rings. The van der Waals surface area contributed by atoms with E-state index in [2.05, 4.69) is 38.4 Å². The molecule has 0 radical (unpaired) electrons. The van der Waals surface area contributed by atoms with Crippen LogP contribution in [0.4, 0.5) is 5.69 Å².